The van der Waals surface area contributed by atoms with Gasteiger partial charge in [-0.25, -0.2) is 12.7 Å². The Bertz CT molecular complexity index is 934. The summed E-state index contributed by atoms with van der Waals surface area (Å²) in [4.78, 5) is 17.5. The van der Waals surface area contributed by atoms with Gasteiger partial charge in [0.2, 0.25) is 15.9 Å². The lowest BCUT2D eigenvalue weighted by Gasteiger charge is -2.41. The van der Waals surface area contributed by atoms with Crippen molar-refractivity contribution in [3.8, 4) is 0 Å². The van der Waals surface area contributed by atoms with Crippen LogP contribution in [0.15, 0.2) is 60.7 Å². The molecule has 4 rings (SSSR count). The van der Waals surface area contributed by atoms with Gasteiger partial charge in [0.15, 0.2) is 0 Å². The van der Waals surface area contributed by atoms with Crippen molar-refractivity contribution in [3.05, 3.63) is 71.8 Å². The summed E-state index contributed by atoms with van der Waals surface area (Å²) in [6.45, 7) is 3.76. The maximum absolute atomic E-state index is 13.1. The van der Waals surface area contributed by atoms with Gasteiger partial charge in [-0.1, -0.05) is 60.7 Å². The van der Waals surface area contributed by atoms with Crippen LogP contribution in [0.1, 0.15) is 30.0 Å². The second kappa shape index (κ2) is 9.51. The number of hydrogen-bond acceptors (Lipinski definition) is 4. The van der Waals surface area contributed by atoms with Gasteiger partial charge in [-0.3, -0.25) is 9.69 Å². The van der Waals surface area contributed by atoms with Crippen molar-refractivity contribution in [2.45, 2.75) is 18.9 Å². The molecule has 0 saturated carbocycles. The monoisotopic (exact) mass is 441 g/mol. The third-order valence-electron chi connectivity index (χ3n) is 6.42. The normalized spacial score (nSPS) is 21.4. The molecule has 2 aromatic rings. The number of benzene rings is 2. The molecule has 31 heavy (non-hydrogen) atoms. The number of piperidine rings is 1. The number of hydrogen-bond donors (Lipinski definition) is 0. The summed E-state index contributed by atoms with van der Waals surface area (Å²) in [5.41, 5.74) is 2.51. The van der Waals surface area contributed by atoms with Crippen LogP contribution in [0.4, 0.5) is 0 Å². The van der Waals surface area contributed by atoms with Gasteiger partial charge in [-0.2, -0.15) is 0 Å². The number of piperazine rings is 1. The molecule has 0 aliphatic carbocycles. The lowest BCUT2D eigenvalue weighted by atomic mass is 9.95. The van der Waals surface area contributed by atoms with E-state index >= 15 is 0 Å². The predicted molar refractivity (Wildman–Crippen MR) is 122 cm³/mol. The van der Waals surface area contributed by atoms with Crippen LogP contribution in [0.25, 0.3) is 0 Å². The van der Waals surface area contributed by atoms with Gasteiger partial charge < -0.3 is 4.90 Å². The van der Waals surface area contributed by atoms with Crippen molar-refractivity contribution >= 4 is 15.9 Å². The highest BCUT2D eigenvalue weighted by Crippen LogP contribution is 2.30. The standard InChI is InChI=1S/C24H31N3O3S/c1-31(29,30)27-14-8-13-22(19-27)24(28)26-17-15-25(16-18-26)23(20-9-4-2-5-10-20)21-11-6-3-7-12-21/h2-7,9-12,22-23H,8,13-19H2,1H3/t22-/m0/s1. The lowest BCUT2D eigenvalue weighted by Crippen LogP contribution is -2.53. The maximum atomic E-state index is 13.1. The molecule has 0 unspecified atom stereocenters. The fourth-order valence-corrected chi connectivity index (χ4v) is 5.70. The Balaban J connectivity index is 1.44. The third kappa shape index (κ3) is 5.17. The minimum atomic E-state index is -3.25. The van der Waals surface area contributed by atoms with Crippen LogP contribution in [-0.2, 0) is 14.8 Å². The first-order valence-electron chi connectivity index (χ1n) is 11.0. The SMILES string of the molecule is CS(=O)(=O)N1CCC[C@H](C(=O)N2CCN(C(c3ccccc3)c3ccccc3)CC2)C1. The molecule has 1 amide bonds. The largest absolute Gasteiger partial charge is 0.340 e. The van der Waals surface area contributed by atoms with Gasteiger partial charge >= 0.3 is 0 Å². The first-order valence-corrected chi connectivity index (χ1v) is 12.9. The number of rotatable bonds is 5. The van der Waals surface area contributed by atoms with Crippen molar-refractivity contribution < 1.29 is 13.2 Å². The Hall–Kier alpha value is -2.22. The highest BCUT2D eigenvalue weighted by molar-refractivity contribution is 7.88. The Kier molecular flexibility index (Phi) is 6.74. The van der Waals surface area contributed by atoms with Crippen LogP contribution in [0.3, 0.4) is 0 Å². The molecule has 2 aliphatic rings. The molecule has 7 heteroatoms. The van der Waals surface area contributed by atoms with Crippen molar-refractivity contribution in [2.24, 2.45) is 5.92 Å². The van der Waals surface area contributed by atoms with Gasteiger partial charge in [-0.15, -0.1) is 0 Å². The first kappa shape index (κ1) is 22.0. The fraction of sp³-hybridized carbons (Fsp3) is 0.458. The van der Waals surface area contributed by atoms with E-state index < -0.39 is 10.0 Å². The van der Waals surface area contributed by atoms with E-state index in [1.165, 1.54) is 21.7 Å². The van der Waals surface area contributed by atoms with Gasteiger partial charge in [0.25, 0.3) is 0 Å². The molecule has 1 atom stereocenters. The smallest absolute Gasteiger partial charge is 0.227 e. The van der Waals surface area contributed by atoms with Crippen LogP contribution >= 0.6 is 0 Å². The van der Waals surface area contributed by atoms with Gasteiger partial charge in [-0.05, 0) is 24.0 Å². The molecule has 2 aromatic carbocycles. The van der Waals surface area contributed by atoms with Gasteiger partial charge in [0, 0.05) is 39.3 Å². The van der Waals surface area contributed by atoms with Crippen LogP contribution in [-0.4, -0.2) is 74.0 Å². The zero-order valence-electron chi connectivity index (χ0n) is 18.1. The summed E-state index contributed by atoms with van der Waals surface area (Å²) < 4.78 is 25.3. The van der Waals surface area contributed by atoms with E-state index in [2.05, 4.69) is 53.4 Å². The van der Waals surface area contributed by atoms with E-state index in [0.29, 0.717) is 26.2 Å². The van der Waals surface area contributed by atoms with Crippen molar-refractivity contribution in [1.29, 1.82) is 0 Å². The maximum Gasteiger partial charge on any atom is 0.227 e. The van der Waals surface area contributed by atoms with Gasteiger partial charge in [0.05, 0.1) is 18.2 Å². The molecule has 2 heterocycles. The zero-order valence-corrected chi connectivity index (χ0v) is 18.9. The Morgan fingerprint density at radius 1 is 0.871 bits per heavy atom. The average molecular weight is 442 g/mol. The zero-order chi connectivity index (χ0) is 21.8. The Labute approximate surface area is 185 Å². The summed E-state index contributed by atoms with van der Waals surface area (Å²) in [5.74, 6) is -0.127. The second-order valence-electron chi connectivity index (χ2n) is 8.55. The molecule has 2 saturated heterocycles. The van der Waals surface area contributed by atoms with Gasteiger partial charge in [0.1, 0.15) is 0 Å². The van der Waals surface area contributed by atoms with Crippen LogP contribution < -0.4 is 0 Å². The molecule has 2 aliphatic heterocycles. The van der Waals surface area contributed by atoms with Crippen molar-refractivity contribution in [3.63, 3.8) is 0 Å². The molecular formula is C24H31N3O3S. The lowest BCUT2D eigenvalue weighted by molar-refractivity contribution is -0.138. The van der Waals surface area contributed by atoms with E-state index in [-0.39, 0.29) is 17.9 Å². The number of carbonyl (C=O) groups is 1. The summed E-state index contributed by atoms with van der Waals surface area (Å²) in [6, 6.07) is 21.2. The Morgan fingerprint density at radius 3 is 1.94 bits per heavy atom. The fourth-order valence-electron chi connectivity index (χ4n) is 4.79. The second-order valence-corrected chi connectivity index (χ2v) is 10.5. The van der Waals surface area contributed by atoms with E-state index in [1.807, 2.05) is 17.0 Å². The molecule has 0 radical (unpaired) electrons. The quantitative estimate of drug-likeness (QED) is 0.716. The summed E-state index contributed by atoms with van der Waals surface area (Å²) >= 11 is 0. The minimum absolute atomic E-state index is 0.101. The van der Waals surface area contributed by atoms with Crippen molar-refractivity contribution in [1.82, 2.24) is 14.1 Å². The average Bonchev–Trinajstić information content (AvgIpc) is 2.80. The van der Waals surface area contributed by atoms with E-state index in [0.717, 1.165) is 25.9 Å². The van der Waals surface area contributed by atoms with E-state index in [1.54, 1.807) is 0 Å². The first-order chi connectivity index (χ1) is 14.9. The number of sulfonamides is 1. The summed E-state index contributed by atoms with van der Waals surface area (Å²) in [5, 5.41) is 0. The van der Waals surface area contributed by atoms with Crippen LogP contribution in [0.5, 0.6) is 0 Å². The molecule has 2 fully saturated rings. The molecule has 0 aromatic heterocycles. The number of nitrogens with zero attached hydrogens (tertiary/aromatic N) is 3. The number of amides is 1. The topological polar surface area (TPSA) is 60.9 Å². The molecule has 6 nitrogen and oxygen atoms in total. The molecule has 0 spiro atoms. The molecule has 0 N–H and O–H groups in total. The number of carbonyl (C=O) groups excluding carboxylic acids is 1. The molecular weight excluding hydrogens is 410 g/mol. The summed E-state index contributed by atoms with van der Waals surface area (Å²) in [6.07, 6.45) is 2.74. The third-order valence-corrected chi connectivity index (χ3v) is 7.69. The molecule has 0 bridgehead atoms. The minimum Gasteiger partial charge on any atom is -0.340 e. The summed E-state index contributed by atoms with van der Waals surface area (Å²) in [7, 11) is -3.25. The Morgan fingerprint density at radius 2 is 1.42 bits per heavy atom. The molecule has 166 valence electrons. The predicted octanol–water partition coefficient (Wildman–Crippen LogP) is 2.59. The highest BCUT2D eigenvalue weighted by atomic mass is 32.2. The van der Waals surface area contributed by atoms with E-state index in [4.69, 9.17) is 0 Å². The van der Waals surface area contributed by atoms with E-state index in [9.17, 15) is 13.2 Å². The van der Waals surface area contributed by atoms with Crippen LogP contribution in [0, 0.1) is 5.92 Å². The van der Waals surface area contributed by atoms with Crippen LogP contribution in [0.2, 0.25) is 0 Å². The van der Waals surface area contributed by atoms with Crippen molar-refractivity contribution in [2.75, 3.05) is 45.5 Å². The highest BCUT2D eigenvalue weighted by Gasteiger charge is 2.35.